The van der Waals surface area contributed by atoms with Crippen LogP contribution in [0.3, 0.4) is 0 Å². The summed E-state index contributed by atoms with van der Waals surface area (Å²) in [5.41, 5.74) is 3.11. The number of pyridine rings is 1. The Labute approximate surface area is 154 Å². The van der Waals surface area contributed by atoms with Crippen molar-refractivity contribution < 1.29 is 4.79 Å². The Morgan fingerprint density at radius 3 is 2.56 bits per heavy atom. The lowest BCUT2D eigenvalue weighted by molar-refractivity contribution is 0.0955. The van der Waals surface area contributed by atoms with Crippen LogP contribution in [0.15, 0.2) is 47.3 Å². The second-order valence-corrected chi connectivity index (χ2v) is 7.32. The van der Waals surface area contributed by atoms with Crippen LogP contribution < -0.4 is 10.9 Å². The van der Waals surface area contributed by atoms with E-state index in [1.165, 1.54) is 11.3 Å². The summed E-state index contributed by atoms with van der Waals surface area (Å²) in [6.07, 6.45) is 0. The molecule has 0 unspecified atom stereocenters. The lowest BCUT2D eigenvalue weighted by Crippen LogP contribution is -2.27. The molecule has 0 bridgehead atoms. The molecule has 2 N–H and O–H groups in total. The number of carbonyl (C=O) groups is 1. The molecule has 6 heteroatoms. The number of amides is 1. The Balaban J connectivity index is 1.72. The second-order valence-electron chi connectivity index (χ2n) is 5.80. The second kappa shape index (κ2) is 7.25. The van der Waals surface area contributed by atoms with Crippen LogP contribution in [0.5, 0.6) is 0 Å². The van der Waals surface area contributed by atoms with Gasteiger partial charge in [0.1, 0.15) is 0 Å². The first-order chi connectivity index (χ1) is 11.9. The van der Waals surface area contributed by atoms with Gasteiger partial charge in [-0.3, -0.25) is 9.59 Å². The number of aromatic nitrogens is 1. The van der Waals surface area contributed by atoms with E-state index in [-0.39, 0.29) is 18.0 Å². The molecule has 3 aromatic rings. The third-order valence-electron chi connectivity index (χ3n) is 3.88. The summed E-state index contributed by atoms with van der Waals surface area (Å²) in [5.74, 6) is -0.190. The zero-order valence-corrected chi connectivity index (χ0v) is 15.4. The van der Waals surface area contributed by atoms with E-state index in [4.69, 9.17) is 11.6 Å². The molecule has 0 radical (unpaired) electrons. The number of thiophene rings is 1. The number of nitrogens with one attached hydrogen (secondary N) is 2. The molecule has 0 saturated carbocycles. The van der Waals surface area contributed by atoms with Gasteiger partial charge < -0.3 is 10.3 Å². The quantitative estimate of drug-likeness (QED) is 0.717. The third kappa shape index (κ3) is 4.00. The first kappa shape index (κ1) is 17.5. The van der Waals surface area contributed by atoms with Gasteiger partial charge in [-0.15, -0.1) is 11.3 Å². The van der Waals surface area contributed by atoms with Gasteiger partial charge in [-0.25, -0.2) is 0 Å². The van der Waals surface area contributed by atoms with E-state index in [1.54, 1.807) is 6.07 Å². The molecule has 128 valence electrons. The summed E-state index contributed by atoms with van der Waals surface area (Å²) in [4.78, 5) is 28.7. The summed E-state index contributed by atoms with van der Waals surface area (Å²) in [6.45, 7) is 3.91. The van der Waals surface area contributed by atoms with Crippen LogP contribution in [-0.4, -0.2) is 10.9 Å². The van der Waals surface area contributed by atoms with Crippen LogP contribution in [0.2, 0.25) is 5.02 Å². The Bertz CT molecular complexity index is 974. The zero-order chi connectivity index (χ0) is 18.0. The topological polar surface area (TPSA) is 62.0 Å². The lowest BCUT2D eigenvalue weighted by atomic mass is 10.1. The molecule has 0 aliphatic heterocycles. The summed E-state index contributed by atoms with van der Waals surface area (Å²) in [5, 5.41) is 3.50. The molecular weight excluding hydrogens is 356 g/mol. The highest BCUT2D eigenvalue weighted by Crippen LogP contribution is 2.29. The standard InChI is InChI=1S/C19H17ClN2O2S/c1-11-9-12(2)22-18(23)15(11)10-21-19(24)17-8-7-16(25-17)13-3-5-14(20)6-4-13/h3-9H,10H2,1-2H3,(H,21,24)(H,22,23). The first-order valence-electron chi connectivity index (χ1n) is 7.77. The molecule has 1 amide bonds. The molecule has 2 heterocycles. The van der Waals surface area contributed by atoms with E-state index in [0.717, 1.165) is 21.7 Å². The predicted octanol–water partition coefficient (Wildman–Crippen LogP) is 4.30. The van der Waals surface area contributed by atoms with Crippen molar-refractivity contribution in [3.05, 3.63) is 79.5 Å². The summed E-state index contributed by atoms with van der Waals surface area (Å²) < 4.78 is 0. The molecule has 4 nitrogen and oxygen atoms in total. The maximum atomic E-state index is 12.4. The van der Waals surface area contributed by atoms with Crippen molar-refractivity contribution in [2.45, 2.75) is 20.4 Å². The lowest BCUT2D eigenvalue weighted by Gasteiger charge is -2.07. The molecule has 0 atom stereocenters. The number of benzene rings is 1. The monoisotopic (exact) mass is 372 g/mol. The van der Waals surface area contributed by atoms with Gasteiger partial charge in [0.2, 0.25) is 0 Å². The normalized spacial score (nSPS) is 10.7. The minimum atomic E-state index is -0.190. The van der Waals surface area contributed by atoms with Crippen LogP contribution in [-0.2, 0) is 6.54 Å². The van der Waals surface area contributed by atoms with Gasteiger partial charge in [-0.1, -0.05) is 23.7 Å². The Kier molecular flexibility index (Phi) is 5.06. The summed E-state index contributed by atoms with van der Waals surface area (Å²) in [7, 11) is 0. The van der Waals surface area contributed by atoms with Crippen molar-refractivity contribution in [1.82, 2.24) is 10.3 Å². The number of hydrogen-bond donors (Lipinski definition) is 2. The number of halogens is 1. The predicted molar refractivity (Wildman–Crippen MR) is 102 cm³/mol. The van der Waals surface area contributed by atoms with Crippen molar-refractivity contribution >= 4 is 28.8 Å². The molecule has 0 saturated heterocycles. The van der Waals surface area contributed by atoms with Gasteiger partial charge in [0, 0.05) is 27.7 Å². The first-order valence-corrected chi connectivity index (χ1v) is 8.97. The molecule has 1 aromatic carbocycles. The molecule has 3 rings (SSSR count). The van der Waals surface area contributed by atoms with Crippen LogP contribution >= 0.6 is 22.9 Å². The van der Waals surface area contributed by atoms with E-state index in [0.29, 0.717) is 15.5 Å². The largest absolute Gasteiger partial charge is 0.347 e. The van der Waals surface area contributed by atoms with Gasteiger partial charge in [0.15, 0.2) is 0 Å². The zero-order valence-electron chi connectivity index (χ0n) is 13.9. The number of H-pyrrole nitrogens is 1. The van der Waals surface area contributed by atoms with Crippen LogP contribution in [0.1, 0.15) is 26.5 Å². The highest BCUT2D eigenvalue weighted by molar-refractivity contribution is 7.17. The van der Waals surface area contributed by atoms with Gasteiger partial charge in [0.05, 0.1) is 4.88 Å². The number of aryl methyl sites for hydroxylation is 2. The summed E-state index contributed by atoms with van der Waals surface area (Å²) >= 11 is 7.31. The van der Waals surface area contributed by atoms with Crippen molar-refractivity contribution in [2.24, 2.45) is 0 Å². The van der Waals surface area contributed by atoms with Crippen LogP contribution in [0, 0.1) is 13.8 Å². The minimum Gasteiger partial charge on any atom is -0.347 e. The van der Waals surface area contributed by atoms with E-state index in [9.17, 15) is 9.59 Å². The molecule has 0 fully saturated rings. The van der Waals surface area contributed by atoms with Crippen molar-refractivity contribution in [1.29, 1.82) is 0 Å². The smallest absolute Gasteiger partial charge is 0.261 e. The van der Waals surface area contributed by atoms with Crippen LogP contribution in [0.4, 0.5) is 0 Å². The molecule has 25 heavy (non-hydrogen) atoms. The van der Waals surface area contributed by atoms with Gasteiger partial charge in [0.25, 0.3) is 11.5 Å². The maximum Gasteiger partial charge on any atom is 0.261 e. The number of hydrogen-bond acceptors (Lipinski definition) is 3. The minimum absolute atomic E-state index is 0.161. The summed E-state index contributed by atoms with van der Waals surface area (Å²) in [6, 6.07) is 13.1. The number of aromatic amines is 1. The highest BCUT2D eigenvalue weighted by Gasteiger charge is 2.12. The fourth-order valence-corrected chi connectivity index (χ4v) is 3.64. The third-order valence-corrected chi connectivity index (χ3v) is 5.26. The SMILES string of the molecule is Cc1cc(C)c(CNC(=O)c2ccc(-c3ccc(Cl)cc3)s2)c(=O)[nH]1. The number of rotatable bonds is 4. The maximum absolute atomic E-state index is 12.4. The van der Waals surface area contributed by atoms with E-state index < -0.39 is 0 Å². The van der Waals surface area contributed by atoms with Crippen molar-refractivity contribution in [2.75, 3.05) is 0 Å². The average Bonchev–Trinajstić information content (AvgIpc) is 3.04. The Morgan fingerprint density at radius 1 is 1.16 bits per heavy atom. The number of carbonyl (C=O) groups excluding carboxylic acids is 1. The van der Waals surface area contributed by atoms with E-state index >= 15 is 0 Å². The average molecular weight is 373 g/mol. The highest BCUT2D eigenvalue weighted by atomic mass is 35.5. The van der Waals surface area contributed by atoms with Gasteiger partial charge in [-0.2, -0.15) is 0 Å². The fourth-order valence-electron chi connectivity index (χ4n) is 2.59. The van der Waals surface area contributed by atoms with Gasteiger partial charge in [-0.05, 0) is 55.3 Å². The molecule has 2 aromatic heterocycles. The van der Waals surface area contributed by atoms with E-state index in [2.05, 4.69) is 10.3 Å². The van der Waals surface area contributed by atoms with Gasteiger partial charge >= 0.3 is 0 Å². The Morgan fingerprint density at radius 2 is 1.88 bits per heavy atom. The fraction of sp³-hybridized carbons (Fsp3) is 0.158. The van der Waals surface area contributed by atoms with Crippen molar-refractivity contribution in [3.63, 3.8) is 0 Å². The van der Waals surface area contributed by atoms with Crippen molar-refractivity contribution in [3.8, 4) is 10.4 Å². The van der Waals surface area contributed by atoms with Crippen LogP contribution in [0.25, 0.3) is 10.4 Å². The molecular formula is C19H17ClN2O2S. The van der Waals surface area contributed by atoms with E-state index in [1.807, 2.05) is 50.2 Å². The molecule has 0 aliphatic carbocycles. The molecule has 0 spiro atoms. The molecule has 0 aliphatic rings. The Hall–Kier alpha value is -2.37.